The second-order valence-electron chi connectivity index (χ2n) is 6.39. The summed E-state index contributed by atoms with van der Waals surface area (Å²) in [5.74, 6) is 0.481. The van der Waals surface area contributed by atoms with Gasteiger partial charge in [-0.25, -0.2) is 4.98 Å². The number of morpholine rings is 1. The van der Waals surface area contributed by atoms with Gasteiger partial charge in [-0.05, 0) is 35.9 Å². The Balaban J connectivity index is 1.37. The van der Waals surface area contributed by atoms with E-state index in [-0.39, 0.29) is 12.0 Å². The molecular weight excluding hydrogens is 380 g/mol. The Labute approximate surface area is 167 Å². The second kappa shape index (κ2) is 8.41. The Morgan fingerprint density at radius 1 is 1.25 bits per heavy atom. The number of hydrogen-bond donors (Lipinski definition) is 1. The summed E-state index contributed by atoms with van der Waals surface area (Å²) in [5.41, 5.74) is 2.53. The van der Waals surface area contributed by atoms with Gasteiger partial charge in [0, 0.05) is 24.5 Å². The van der Waals surface area contributed by atoms with Gasteiger partial charge in [-0.2, -0.15) is 5.10 Å². The number of carbonyl (C=O) groups is 1. The molecule has 1 saturated heterocycles. The molecule has 0 saturated carbocycles. The Kier molecular flexibility index (Phi) is 5.55. The van der Waals surface area contributed by atoms with E-state index in [1.165, 1.54) is 0 Å². The SMILES string of the molecule is O=C(c1ccc(-c2ccn[nH]2)cc1)N1CCOC(COc2cccnc2Cl)C1. The predicted octanol–water partition coefficient (Wildman–Crippen LogP) is 3.05. The average molecular weight is 399 g/mol. The van der Waals surface area contributed by atoms with Crippen molar-refractivity contribution in [2.75, 3.05) is 26.3 Å². The number of halogens is 1. The van der Waals surface area contributed by atoms with E-state index in [0.717, 1.165) is 11.3 Å². The molecule has 0 aliphatic carbocycles. The average Bonchev–Trinajstić information content (AvgIpc) is 3.28. The summed E-state index contributed by atoms with van der Waals surface area (Å²) >= 11 is 6.00. The van der Waals surface area contributed by atoms with E-state index in [2.05, 4.69) is 15.2 Å². The summed E-state index contributed by atoms with van der Waals surface area (Å²) in [4.78, 5) is 18.6. The van der Waals surface area contributed by atoms with E-state index in [4.69, 9.17) is 21.1 Å². The quantitative estimate of drug-likeness (QED) is 0.668. The fraction of sp³-hybridized carbons (Fsp3) is 0.250. The van der Waals surface area contributed by atoms with Crippen LogP contribution < -0.4 is 4.74 Å². The Hall–Kier alpha value is -2.90. The van der Waals surface area contributed by atoms with Crippen LogP contribution in [0.4, 0.5) is 0 Å². The third kappa shape index (κ3) is 4.16. The zero-order valence-corrected chi connectivity index (χ0v) is 15.8. The summed E-state index contributed by atoms with van der Waals surface area (Å²) < 4.78 is 11.4. The number of aromatic amines is 1. The zero-order chi connectivity index (χ0) is 19.3. The first-order valence-corrected chi connectivity index (χ1v) is 9.32. The van der Waals surface area contributed by atoms with Crippen LogP contribution in [0.25, 0.3) is 11.3 Å². The molecule has 0 spiro atoms. The molecule has 4 rings (SSSR count). The second-order valence-corrected chi connectivity index (χ2v) is 6.75. The lowest BCUT2D eigenvalue weighted by Gasteiger charge is -2.33. The number of carbonyl (C=O) groups excluding carboxylic acids is 1. The maximum absolute atomic E-state index is 12.8. The highest BCUT2D eigenvalue weighted by Gasteiger charge is 2.25. The maximum atomic E-state index is 12.8. The normalized spacial score (nSPS) is 16.8. The zero-order valence-electron chi connectivity index (χ0n) is 15.0. The minimum atomic E-state index is -0.224. The lowest BCUT2D eigenvalue weighted by atomic mass is 10.1. The number of nitrogens with zero attached hydrogens (tertiary/aromatic N) is 3. The minimum absolute atomic E-state index is 0.0242. The van der Waals surface area contributed by atoms with Crippen LogP contribution in [-0.2, 0) is 4.74 Å². The molecule has 7 nitrogen and oxygen atoms in total. The smallest absolute Gasteiger partial charge is 0.254 e. The molecule has 3 heterocycles. The Bertz CT molecular complexity index is 931. The van der Waals surface area contributed by atoms with Crippen LogP contribution in [0, 0.1) is 0 Å². The molecule has 1 fully saturated rings. The maximum Gasteiger partial charge on any atom is 0.254 e. The highest BCUT2D eigenvalue weighted by atomic mass is 35.5. The first-order valence-electron chi connectivity index (χ1n) is 8.95. The van der Waals surface area contributed by atoms with E-state index < -0.39 is 0 Å². The summed E-state index contributed by atoms with van der Waals surface area (Å²) in [6.07, 6.45) is 3.08. The predicted molar refractivity (Wildman–Crippen MR) is 104 cm³/mol. The van der Waals surface area contributed by atoms with E-state index >= 15 is 0 Å². The number of amides is 1. The van der Waals surface area contributed by atoms with Crippen molar-refractivity contribution >= 4 is 17.5 Å². The van der Waals surface area contributed by atoms with Gasteiger partial charge in [-0.3, -0.25) is 9.89 Å². The van der Waals surface area contributed by atoms with Gasteiger partial charge in [0.15, 0.2) is 10.9 Å². The first-order chi connectivity index (χ1) is 13.7. The number of aromatic nitrogens is 3. The van der Waals surface area contributed by atoms with Crippen LogP contribution in [0.5, 0.6) is 5.75 Å². The molecule has 1 amide bonds. The van der Waals surface area contributed by atoms with E-state index in [9.17, 15) is 4.79 Å². The molecule has 0 radical (unpaired) electrons. The lowest BCUT2D eigenvalue weighted by Crippen LogP contribution is -2.47. The van der Waals surface area contributed by atoms with Crippen LogP contribution in [0.15, 0.2) is 54.9 Å². The summed E-state index contributed by atoms with van der Waals surface area (Å²) in [6.45, 7) is 1.77. The number of benzene rings is 1. The third-order valence-electron chi connectivity index (χ3n) is 4.52. The highest BCUT2D eigenvalue weighted by molar-refractivity contribution is 6.30. The molecule has 1 atom stereocenters. The number of nitrogens with one attached hydrogen (secondary N) is 1. The fourth-order valence-electron chi connectivity index (χ4n) is 3.06. The van der Waals surface area contributed by atoms with Crippen LogP contribution in [0.3, 0.4) is 0 Å². The largest absolute Gasteiger partial charge is 0.488 e. The van der Waals surface area contributed by atoms with Gasteiger partial charge in [0.25, 0.3) is 5.91 Å². The van der Waals surface area contributed by atoms with Crippen molar-refractivity contribution in [3.8, 4) is 17.0 Å². The lowest BCUT2D eigenvalue weighted by molar-refractivity contribution is -0.0401. The van der Waals surface area contributed by atoms with Gasteiger partial charge in [-0.15, -0.1) is 0 Å². The number of rotatable bonds is 5. The summed E-state index contributed by atoms with van der Waals surface area (Å²) in [5, 5.41) is 7.17. The van der Waals surface area contributed by atoms with Crippen LogP contribution in [0.2, 0.25) is 5.15 Å². The van der Waals surface area contributed by atoms with Crippen molar-refractivity contribution in [1.82, 2.24) is 20.1 Å². The van der Waals surface area contributed by atoms with Crippen molar-refractivity contribution in [2.24, 2.45) is 0 Å². The molecule has 1 unspecified atom stereocenters. The molecule has 1 aromatic carbocycles. The van der Waals surface area contributed by atoms with E-state index in [0.29, 0.717) is 42.8 Å². The fourth-order valence-corrected chi connectivity index (χ4v) is 3.23. The molecule has 8 heteroatoms. The van der Waals surface area contributed by atoms with Gasteiger partial charge < -0.3 is 14.4 Å². The number of H-pyrrole nitrogens is 1. The third-order valence-corrected chi connectivity index (χ3v) is 4.80. The topological polar surface area (TPSA) is 80.3 Å². The summed E-state index contributed by atoms with van der Waals surface area (Å²) in [7, 11) is 0. The van der Waals surface area contributed by atoms with E-state index in [1.54, 1.807) is 29.4 Å². The van der Waals surface area contributed by atoms with Gasteiger partial charge in [-0.1, -0.05) is 23.7 Å². The number of pyridine rings is 1. The number of ether oxygens (including phenoxy) is 2. The molecule has 1 aliphatic heterocycles. The highest BCUT2D eigenvalue weighted by Crippen LogP contribution is 2.22. The minimum Gasteiger partial charge on any atom is -0.488 e. The van der Waals surface area contributed by atoms with Crippen molar-refractivity contribution < 1.29 is 14.3 Å². The van der Waals surface area contributed by atoms with Crippen LogP contribution >= 0.6 is 11.6 Å². The molecule has 28 heavy (non-hydrogen) atoms. The molecule has 0 bridgehead atoms. The summed E-state index contributed by atoms with van der Waals surface area (Å²) in [6, 6.07) is 12.9. The van der Waals surface area contributed by atoms with Gasteiger partial charge in [0.2, 0.25) is 0 Å². The number of hydrogen-bond acceptors (Lipinski definition) is 5. The van der Waals surface area contributed by atoms with E-state index in [1.807, 2.05) is 30.3 Å². The first kappa shape index (κ1) is 18.5. The van der Waals surface area contributed by atoms with Gasteiger partial charge in [0.1, 0.15) is 12.7 Å². The van der Waals surface area contributed by atoms with Crippen LogP contribution in [0.1, 0.15) is 10.4 Å². The molecule has 2 aromatic heterocycles. The van der Waals surface area contributed by atoms with Crippen molar-refractivity contribution in [1.29, 1.82) is 0 Å². The Morgan fingerprint density at radius 2 is 2.11 bits per heavy atom. The van der Waals surface area contributed by atoms with Crippen LogP contribution in [-0.4, -0.2) is 58.4 Å². The Morgan fingerprint density at radius 3 is 2.86 bits per heavy atom. The monoisotopic (exact) mass is 398 g/mol. The van der Waals surface area contributed by atoms with Gasteiger partial charge in [0.05, 0.1) is 18.8 Å². The van der Waals surface area contributed by atoms with Crippen molar-refractivity contribution in [2.45, 2.75) is 6.10 Å². The standard InChI is InChI=1S/C20H19ClN4O3/c21-19-18(2-1-8-22-19)28-13-16-12-25(10-11-27-16)20(26)15-5-3-14(4-6-15)17-7-9-23-24-17/h1-9,16H,10-13H2,(H,23,24). The van der Waals surface area contributed by atoms with Crippen molar-refractivity contribution in [3.05, 3.63) is 65.6 Å². The van der Waals surface area contributed by atoms with Crippen molar-refractivity contribution in [3.63, 3.8) is 0 Å². The molecular formula is C20H19ClN4O3. The molecule has 1 aliphatic rings. The van der Waals surface area contributed by atoms with Gasteiger partial charge >= 0.3 is 0 Å². The molecule has 144 valence electrons. The molecule has 1 N–H and O–H groups in total. The molecule has 3 aromatic rings.